The van der Waals surface area contributed by atoms with Crippen molar-refractivity contribution in [3.8, 4) is 0 Å². The number of nitrogens with zero attached hydrogens (tertiary/aromatic N) is 4. The molecule has 0 radical (unpaired) electrons. The standard InChI is InChI=1S/C24H30FN5O2/c1-17-20(24(32)27-14-18-7-9-19(25)10-8-18)15-26-23(28-17)21-6-2-3-13-30(21)16-22(31)29-11-4-5-12-29/h7-10,15,21H,2-6,11-14,16H2,1H3,(H,27,32)/t21-/m0/s1. The summed E-state index contributed by atoms with van der Waals surface area (Å²) in [5.41, 5.74) is 1.85. The first kappa shape index (κ1) is 22.3. The second-order valence-electron chi connectivity index (χ2n) is 8.61. The molecule has 2 aliphatic heterocycles. The lowest BCUT2D eigenvalue weighted by Crippen LogP contribution is -2.43. The summed E-state index contributed by atoms with van der Waals surface area (Å²) in [7, 11) is 0. The van der Waals surface area contributed by atoms with Crippen LogP contribution >= 0.6 is 0 Å². The second kappa shape index (κ2) is 10.2. The zero-order valence-electron chi connectivity index (χ0n) is 18.5. The molecule has 2 aliphatic rings. The molecular formula is C24H30FN5O2. The number of carbonyl (C=O) groups excluding carboxylic acids is 2. The average Bonchev–Trinajstić information content (AvgIpc) is 3.34. The largest absolute Gasteiger partial charge is 0.348 e. The van der Waals surface area contributed by atoms with Crippen LogP contribution < -0.4 is 5.32 Å². The summed E-state index contributed by atoms with van der Waals surface area (Å²) in [5.74, 6) is 0.288. The Morgan fingerprint density at radius 2 is 1.81 bits per heavy atom. The van der Waals surface area contributed by atoms with Crippen molar-refractivity contribution < 1.29 is 14.0 Å². The van der Waals surface area contributed by atoms with Gasteiger partial charge in [0.1, 0.15) is 11.6 Å². The van der Waals surface area contributed by atoms with E-state index < -0.39 is 0 Å². The third-order valence-corrected chi connectivity index (χ3v) is 6.32. The van der Waals surface area contributed by atoms with E-state index in [0.29, 0.717) is 30.2 Å². The summed E-state index contributed by atoms with van der Waals surface area (Å²) in [4.78, 5) is 38.6. The van der Waals surface area contributed by atoms with Gasteiger partial charge in [-0.15, -0.1) is 0 Å². The first-order chi connectivity index (χ1) is 15.5. The number of piperidine rings is 1. The fourth-order valence-corrected chi connectivity index (χ4v) is 4.46. The predicted molar refractivity (Wildman–Crippen MR) is 118 cm³/mol. The Morgan fingerprint density at radius 1 is 1.09 bits per heavy atom. The number of aryl methyl sites for hydroxylation is 1. The highest BCUT2D eigenvalue weighted by Gasteiger charge is 2.30. The van der Waals surface area contributed by atoms with Gasteiger partial charge in [-0.3, -0.25) is 14.5 Å². The molecule has 0 unspecified atom stereocenters. The molecular weight excluding hydrogens is 409 g/mol. The summed E-state index contributed by atoms with van der Waals surface area (Å²) in [6.45, 7) is 5.07. The van der Waals surface area contributed by atoms with Crippen LogP contribution in [0.15, 0.2) is 30.5 Å². The molecule has 2 saturated heterocycles. The topological polar surface area (TPSA) is 78.4 Å². The number of halogens is 1. The smallest absolute Gasteiger partial charge is 0.254 e. The van der Waals surface area contributed by atoms with Gasteiger partial charge in [-0.1, -0.05) is 18.6 Å². The van der Waals surface area contributed by atoms with Crippen LogP contribution in [0, 0.1) is 12.7 Å². The fraction of sp³-hybridized carbons (Fsp3) is 0.500. The first-order valence-electron chi connectivity index (χ1n) is 11.4. The zero-order chi connectivity index (χ0) is 22.5. The second-order valence-corrected chi connectivity index (χ2v) is 8.61. The molecule has 0 spiro atoms. The molecule has 4 rings (SSSR count). The van der Waals surface area contributed by atoms with Crippen LogP contribution in [0.5, 0.6) is 0 Å². The van der Waals surface area contributed by atoms with Gasteiger partial charge in [-0.25, -0.2) is 14.4 Å². The van der Waals surface area contributed by atoms with E-state index in [0.717, 1.165) is 57.3 Å². The minimum Gasteiger partial charge on any atom is -0.348 e. The van der Waals surface area contributed by atoms with Crippen LogP contribution in [-0.2, 0) is 11.3 Å². The monoisotopic (exact) mass is 439 g/mol. The molecule has 0 bridgehead atoms. The van der Waals surface area contributed by atoms with Crippen molar-refractivity contribution in [1.29, 1.82) is 0 Å². The maximum absolute atomic E-state index is 13.0. The van der Waals surface area contributed by atoms with Gasteiger partial charge in [0.15, 0.2) is 0 Å². The number of aromatic nitrogens is 2. The quantitative estimate of drug-likeness (QED) is 0.749. The third kappa shape index (κ3) is 5.30. The number of hydrogen-bond donors (Lipinski definition) is 1. The normalized spacial score (nSPS) is 19.2. The molecule has 1 atom stereocenters. The molecule has 2 amide bonds. The van der Waals surface area contributed by atoms with Gasteiger partial charge >= 0.3 is 0 Å². The van der Waals surface area contributed by atoms with Gasteiger partial charge in [0.05, 0.1) is 23.8 Å². The summed E-state index contributed by atoms with van der Waals surface area (Å²) in [5, 5.41) is 2.84. The van der Waals surface area contributed by atoms with Gasteiger partial charge in [0.2, 0.25) is 5.91 Å². The molecule has 1 N–H and O–H groups in total. The number of rotatable bonds is 6. The molecule has 32 heavy (non-hydrogen) atoms. The Bertz CT molecular complexity index is 959. The van der Waals surface area contributed by atoms with Gasteiger partial charge in [-0.05, 0) is 56.8 Å². The summed E-state index contributed by atoms with van der Waals surface area (Å²) >= 11 is 0. The SMILES string of the molecule is Cc1nc([C@@H]2CCCCN2CC(=O)N2CCCC2)ncc1C(=O)NCc1ccc(F)cc1. The minimum atomic E-state index is -0.307. The van der Waals surface area contributed by atoms with Gasteiger partial charge in [0, 0.05) is 25.8 Å². The zero-order valence-corrected chi connectivity index (χ0v) is 18.5. The summed E-state index contributed by atoms with van der Waals surface area (Å²) in [6, 6.07) is 6.02. The first-order valence-corrected chi connectivity index (χ1v) is 11.4. The molecule has 1 aromatic carbocycles. The van der Waals surface area contributed by atoms with E-state index in [4.69, 9.17) is 0 Å². The number of hydrogen-bond acceptors (Lipinski definition) is 5. The van der Waals surface area contributed by atoms with E-state index in [1.807, 2.05) is 4.90 Å². The maximum Gasteiger partial charge on any atom is 0.254 e. The van der Waals surface area contributed by atoms with E-state index in [9.17, 15) is 14.0 Å². The Morgan fingerprint density at radius 3 is 2.53 bits per heavy atom. The van der Waals surface area contributed by atoms with E-state index in [-0.39, 0.29) is 23.7 Å². The van der Waals surface area contributed by atoms with Crippen LogP contribution in [0.25, 0.3) is 0 Å². The Balaban J connectivity index is 1.41. The van der Waals surface area contributed by atoms with Crippen molar-refractivity contribution in [3.05, 3.63) is 58.9 Å². The van der Waals surface area contributed by atoms with Crippen LogP contribution in [-0.4, -0.2) is 57.8 Å². The van der Waals surface area contributed by atoms with Crippen LogP contribution in [0.3, 0.4) is 0 Å². The fourth-order valence-electron chi connectivity index (χ4n) is 4.46. The number of carbonyl (C=O) groups is 2. The lowest BCUT2D eigenvalue weighted by molar-refractivity contribution is -0.132. The van der Waals surface area contributed by atoms with Gasteiger partial charge < -0.3 is 10.2 Å². The van der Waals surface area contributed by atoms with E-state index in [1.54, 1.807) is 25.3 Å². The molecule has 2 fully saturated rings. The molecule has 8 heteroatoms. The highest BCUT2D eigenvalue weighted by atomic mass is 19.1. The third-order valence-electron chi connectivity index (χ3n) is 6.32. The molecule has 2 aromatic rings. The van der Waals surface area contributed by atoms with Gasteiger partial charge in [-0.2, -0.15) is 0 Å². The predicted octanol–water partition coefficient (Wildman–Crippen LogP) is 3.00. The molecule has 0 saturated carbocycles. The number of amides is 2. The molecule has 170 valence electrons. The minimum absolute atomic E-state index is 0.00895. The lowest BCUT2D eigenvalue weighted by Gasteiger charge is -2.35. The summed E-state index contributed by atoms with van der Waals surface area (Å²) in [6.07, 6.45) is 6.79. The van der Waals surface area contributed by atoms with Crippen molar-refractivity contribution in [2.75, 3.05) is 26.2 Å². The van der Waals surface area contributed by atoms with Crippen molar-refractivity contribution in [1.82, 2.24) is 25.1 Å². The van der Waals surface area contributed by atoms with Crippen molar-refractivity contribution in [2.24, 2.45) is 0 Å². The van der Waals surface area contributed by atoms with Gasteiger partial charge in [0.25, 0.3) is 5.91 Å². The van der Waals surface area contributed by atoms with E-state index in [1.165, 1.54) is 12.1 Å². The Kier molecular flexibility index (Phi) is 7.09. The van der Waals surface area contributed by atoms with E-state index >= 15 is 0 Å². The molecule has 7 nitrogen and oxygen atoms in total. The van der Waals surface area contributed by atoms with Crippen LogP contribution in [0.1, 0.15) is 65.6 Å². The van der Waals surface area contributed by atoms with Crippen molar-refractivity contribution in [3.63, 3.8) is 0 Å². The molecule has 1 aromatic heterocycles. The van der Waals surface area contributed by atoms with Crippen molar-refractivity contribution >= 4 is 11.8 Å². The number of benzene rings is 1. The lowest BCUT2D eigenvalue weighted by atomic mass is 10.0. The Hall–Kier alpha value is -2.87. The highest BCUT2D eigenvalue weighted by Crippen LogP contribution is 2.29. The number of likely N-dealkylation sites (tertiary alicyclic amines) is 2. The highest BCUT2D eigenvalue weighted by molar-refractivity contribution is 5.94. The van der Waals surface area contributed by atoms with E-state index in [2.05, 4.69) is 20.2 Å². The summed E-state index contributed by atoms with van der Waals surface area (Å²) < 4.78 is 13.0. The Labute approximate surface area is 188 Å². The number of nitrogens with one attached hydrogen (secondary N) is 1. The molecule has 3 heterocycles. The average molecular weight is 440 g/mol. The van der Waals surface area contributed by atoms with Crippen molar-refractivity contribution in [2.45, 2.75) is 51.6 Å². The maximum atomic E-state index is 13.0. The van der Waals surface area contributed by atoms with Crippen LogP contribution in [0.2, 0.25) is 0 Å². The van der Waals surface area contributed by atoms with Crippen LogP contribution in [0.4, 0.5) is 4.39 Å². The molecule has 0 aliphatic carbocycles.